The van der Waals surface area contributed by atoms with Crippen LogP contribution < -0.4 is 33.6 Å². The molecule has 2 heterocycles. The molecule has 44 heavy (non-hydrogen) atoms. The Bertz CT molecular complexity index is 1330. The number of hydrogen-bond donors (Lipinski definition) is 6. The number of ether oxygens (including phenoxy) is 1. The number of anilines is 1. The number of likely N-dealkylation sites (tertiary alicyclic amines) is 1. The van der Waals surface area contributed by atoms with Gasteiger partial charge in [0.2, 0.25) is 0 Å². The summed E-state index contributed by atoms with van der Waals surface area (Å²) in [6.07, 6.45) is 8.53. The van der Waals surface area contributed by atoms with E-state index >= 15 is 0 Å². The molecule has 0 radical (unpaired) electrons. The van der Waals surface area contributed by atoms with E-state index in [2.05, 4.69) is 36.6 Å². The van der Waals surface area contributed by atoms with Crippen molar-refractivity contribution in [2.45, 2.75) is 66.0 Å². The molecule has 2 aliphatic rings. The van der Waals surface area contributed by atoms with Crippen LogP contribution in [-0.4, -0.2) is 67.5 Å². The summed E-state index contributed by atoms with van der Waals surface area (Å²) in [5, 5.41) is 6.98. The Morgan fingerprint density at radius 2 is 1.68 bits per heavy atom. The summed E-state index contributed by atoms with van der Waals surface area (Å²) in [4.78, 5) is 28.2. The molecule has 1 fully saturated rings. The number of carbonyl (C=O) groups is 1. The first-order valence-electron chi connectivity index (χ1n) is 15.2. The van der Waals surface area contributed by atoms with Gasteiger partial charge in [-0.2, -0.15) is 0 Å². The highest BCUT2D eigenvalue weighted by atomic mass is 16.5. The highest BCUT2D eigenvalue weighted by molar-refractivity contribution is 5.91. The molecule has 0 saturated carbocycles. The number of guanidine groups is 3. The number of allylic oxidation sites excluding steroid dienone is 3. The quantitative estimate of drug-likeness (QED) is 0.0517. The fraction of sp³-hybridized carbons (Fsp3) is 0.500. The van der Waals surface area contributed by atoms with Gasteiger partial charge in [-0.05, 0) is 83.7 Å². The van der Waals surface area contributed by atoms with E-state index in [9.17, 15) is 4.79 Å². The van der Waals surface area contributed by atoms with Crippen molar-refractivity contribution in [3.63, 3.8) is 0 Å². The minimum Gasteiger partial charge on any atom is -0.428 e. The lowest BCUT2D eigenvalue weighted by atomic mass is 9.80. The van der Waals surface area contributed by atoms with Gasteiger partial charge in [0, 0.05) is 30.7 Å². The molecular formula is C32H50N10O2. The topological polar surface area (TPSA) is 195 Å². The van der Waals surface area contributed by atoms with Crippen LogP contribution in [0.1, 0.15) is 75.8 Å². The Morgan fingerprint density at radius 1 is 1.00 bits per heavy atom. The van der Waals surface area contributed by atoms with Crippen molar-refractivity contribution in [2.75, 3.05) is 38.0 Å². The lowest BCUT2D eigenvalue weighted by Gasteiger charge is -2.40. The maximum Gasteiger partial charge on any atom is 0.343 e. The predicted molar refractivity (Wildman–Crippen MR) is 180 cm³/mol. The summed E-state index contributed by atoms with van der Waals surface area (Å²) in [5.74, 6) is 1.18. The van der Waals surface area contributed by atoms with Crippen LogP contribution in [0.5, 0.6) is 0 Å². The number of benzene rings is 1. The van der Waals surface area contributed by atoms with Crippen LogP contribution in [0, 0.1) is 5.92 Å². The molecule has 0 spiro atoms. The van der Waals surface area contributed by atoms with Crippen LogP contribution in [0.4, 0.5) is 5.69 Å². The zero-order valence-corrected chi connectivity index (χ0v) is 26.8. The largest absolute Gasteiger partial charge is 0.428 e. The molecule has 0 unspecified atom stereocenters. The molecule has 0 aliphatic carbocycles. The highest BCUT2D eigenvalue weighted by Gasteiger charge is 2.44. The third-order valence-corrected chi connectivity index (χ3v) is 7.62. The average molecular weight is 607 g/mol. The van der Waals surface area contributed by atoms with Crippen LogP contribution in [0.15, 0.2) is 68.3 Å². The van der Waals surface area contributed by atoms with Crippen LogP contribution in [0.3, 0.4) is 0 Å². The van der Waals surface area contributed by atoms with Gasteiger partial charge in [-0.3, -0.25) is 0 Å². The summed E-state index contributed by atoms with van der Waals surface area (Å²) < 4.78 is 5.56. The van der Waals surface area contributed by atoms with Crippen molar-refractivity contribution >= 4 is 29.5 Å². The molecule has 0 aromatic heterocycles. The molecule has 1 aromatic rings. The van der Waals surface area contributed by atoms with Crippen molar-refractivity contribution in [2.24, 2.45) is 43.8 Å². The van der Waals surface area contributed by atoms with Crippen LogP contribution in [-0.2, 0) is 4.74 Å². The molecule has 0 amide bonds. The van der Waals surface area contributed by atoms with Crippen molar-refractivity contribution < 1.29 is 9.53 Å². The van der Waals surface area contributed by atoms with Crippen molar-refractivity contribution in [3.8, 4) is 0 Å². The predicted octanol–water partition coefficient (Wildman–Crippen LogP) is 3.11. The summed E-state index contributed by atoms with van der Waals surface area (Å²) in [7, 11) is 0. The van der Waals surface area contributed by atoms with Gasteiger partial charge in [-0.25, -0.2) is 19.8 Å². The first kappa shape index (κ1) is 34.0. The fourth-order valence-corrected chi connectivity index (χ4v) is 5.41. The second kappa shape index (κ2) is 16.4. The van der Waals surface area contributed by atoms with Gasteiger partial charge >= 0.3 is 5.97 Å². The number of aliphatic imine (C=N–C) groups is 3. The zero-order valence-electron chi connectivity index (χ0n) is 26.8. The minimum absolute atomic E-state index is 0.0235. The van der Waals surface area contributed by atoms with Crippen molar-refractivity contribution in [1.29, 1.82) is 0 Å². The van der Waals surface area contributed by atoms with E-state index in [1.807, 2.05) is 45.9 Å². The van der Waals surface area contributed by atoms with Gasteiger partial charge in [0.1, 0.15) is 5.76 Å². The summed E-state index contributed by atoms with van der Waals surface area (Å²) in [5.41, 5.74) is 28.2. The number of carbonyl (C=O) groups excluding carboxylic acids is 1. The maximum atomic E-state index is 13.1. The van der Waals surface area contributed by atoms with Gasteiger partial charge in [0.15, 0.2) is 17.9 Å². The van der Waals surface area contributed by atoms with Crippen LogP contribution >= 0.6 is 0 Å². The van der Waals surface area contributed by atoms with E-state index in [0.29, 0.717) is 36.3 Å². The smallest absolute Gasteiger partial charge is 0.343 e. The molecule has 10 N–H and O–H groups in total. The summed E-state index contributed by atoms with van der Waals surface area (Å²) in [6, 6.07) is 5.83. The van der Waals surface area contributed by atoms with Gasteiger partial charge in [-0.1, -0.05) is 23.3 Å². The van der Waals surface area contributed by atoms with E-state index in [1.165, 1.54) is 11.1 Å². The van der Waals surface area contributed by atoms with Crippen molar-refractivity contribution in [3.05, 3.63) is 64.5 Å². The molecule has 12 heteroatoms. The third kappa shape index (κ3) is 10.1. The Balaban J connectivity index is 1.80. The highest BCUT2D eigenvalue weighted by Crippen LogP contribution is 2.47. The van der Waals surface area contributed by atoms with Gasteiger partial charge in [-0.15, -0.1) is 0 Å². The molecule has 3 atom stereocenters. The van der Waals surface area contributed by atoms with Crippen molar-refractivity contribution in [1.82, 2.24) is 10.2 Å². The van der Waals surface area contributed by atoms with E-state index < -0.39 is 5.97 Å². The normalized spacial score (nSPS) is 19.7. The Labute approximate surface area is 261 Å². The third-order valence-electron chi connectivity index (χ3n) is 7.62. The fourth-order valence-electron chi connectivity index (χ4n) is 5.41. The number of nitrogens with two attached hydrogens (primary N) is 4. The second-order valence-corrected chi connectivity index (χ2v) is 11.7. The van der Waals surface area contributed by atoms with Crippen LogP contribution in [0.2, 0.25) is 0 Å². The lowest BCUT2D eigenvalue weighted by Crippen LogP contribution is -2.44. The average Bonchev–Trinajstić information content (AvgIpc) is 3.40. The molecule has 2 aliphatic heterocycles. The Kier molecular flexibility index (Phi) is 12.7. The van der Waals surface area contributed by atoms with Gasteiger partial charge in [0.25, 0.3) is 0 Å². The molecule has 1 aromatic carbocycles. The summed E-state index contributed by atoms with van der Waals surface area (Å²) in [6.45, 7) is 12.7. The van der Waals surface area contributed by atoms with E-state index in [1.54, 1.807) is 19.1 Å². The maximum absolute atomic E-state index is 13.1. The minimum atomic E-state index is -0.449. The van der Waals surface area contributed by atoms with E-state index in [0.717, 1.165) is 43.6 Å². The Morgan fingerprint density at radius 3 is 2.36 bits per heavy atom. The number of esters is 1. The number of nitrogens with zero attached hydrogens (tertiary/aromatic N) is 4. The summed E-state index contributed by atoms with van der Waals surface area (Å²) >= 11 is 0. The number of fused-ring (bicyclic) bond motifs is 3. The van der Waals surface area contributed by atoms with Gasteiger partial charge in [0.05, 0.1) is 31.2 Å². The number of nitrogens with one attached hydrogen (secondary N) is 2. The molecule has 0 bridgehead atoms. The van der Waals surface area contributed by atoms with Gasteiger partial charge < -0.3 is 43.2 Å². The first-order chi connectivity index (χ1) is 21.0. The Hall–Kier alpha value is -4.48. The van der Waals surface area contributed by atoms with E-state index in [4.69, 9.17) is 27.7 Å². The lowest BCUT2D eigenvalue weighted by molar-refractivity contribution is 0.0625. The van der Waals surface area contributed by atoms with Crippen LogP contribution in [0.25, 0.3) is 0 Å². The molecule has 240 valence electrons. The molecule has 3 rings (SSSR count). The number of hydrogen-bond acceptors (Lipinski definition) is 6. The number of rotatable bonds is 12. The molecule has 1 saturated heterocycles. The molecular weight excluding hydrogens is 556 g/mol. The standard InChI is InChI=1S/C32H50N10O2/c1-20(2)10-15-39-31(35)38-14-6-7-26-24-13-18-42(32(36)40-16-11-21(3)4)28(24)25-19-23(8-9-27(25)41-26)29(43)44-22(5)12-17-37-30(33)34/h8-12,19,24,26,28,41H,6-7,13-18H2,1-5H3,(H2,36,40)(H4,33,34,37)(H3,35,38,39)/b22-12+/t24-,26-,28-/m0/s1. The monoisotopic (exact) mass is 606 g/mol. The zero-order chi connectivity index (χ0) is 32.2. The molecule has 12 nitrogen and oxygen atoms in total. The first-order valence-corrected chi connectivity index (χ1v) is 15.2. The SMILES string of the molecule is CC(C)=CCN=C(N)NCCC[C@@H]1Nc2ccc(C(=O)O/C(C)=C/CN=C(N)N)cc2[C@@H]2[C@H]1CCN2C(N)=NCC=C(C)C. The second-order valence-electron chi connectivity index (χ2n) is 11.7. The van der Waals surface area contributed by atoms with E-state index in [-0.39, 0.29) is 30.5 Å².